The maximum atomic E-state index is 9.84. The Morgan fingerprint density at radius 1 is 1.14 bits per heavy atom. The summed E-state index contributed by atoms with van der Waals surface area (Å²) < 4.78 is 1.84. The molecule has 0 bridgehead atoms. The Balaban J connectivity index is 1.74. The molecule has 4 rings (SSSR count). The van der Waals surface area contributed by atoms with Gasteiger partial charge in [-0.05, 0) is 37.1 Å². The molecule has 3 aromatic heterocycles. The molecule has 0 aliphatic carbocycles. The van der Waals surface area contributed by atoms with Crippen molar-refractivity contribution in [1.29, 1.82) is 0 Å². The molecular formula is C16H17N5O. The zero-order valence-corrected chi connectivity index (χ0v) is 12.1. The number of rotatable bonds is 2. The summed E-state index contributed by atoms with van der Waals surface area (Å²) in [4.78, 5) is 11.2. The van der Waals surface area contributed by atoms with Crippen molar-refractivity contribution in [1.82, 2.24) is 19.6 Å². The molecule has 3 aromatic rings. The molecule has 1 aliphatic heterocycles. The molecule has 1 N–H and O–H groups in total. The third-order valence-corrected chi connectivity index (χ3v) is 4.01. The number of aliphatic hydroxyl groups is 1. The highest BCUT2D eigenvalue weighted by Gasteiger charge is 2.19. The van der Waals surface area contributed by atoms with Gasteiger partial charge in [0.05, 0.1) is 17.8 Å². The number of nitrogens with zero attached hydrogens (tertiary/aromatic N) is 5. The van der Waals surface area contributed by atoms with Gasteiger partial charge >= 0.3 is 0 Å². The molecule has 1 aliphatic rings. The Kier molecular flexibility index (Phi) is 3.23. The minimum atomic E-state index is -0.276. The molecule has 22 heavy (non-hydrogen) atoms. The predicted octanol–water partition coefficient (Wildman–Crippen LogP) is 1.75. The first-order valence-corrected chi connectivity index (χ1v) is 7.50. The van der Waals surface area contributed by atoms with Crippen LogP contribution in [0.15, 0.2) is 42.7 Å². The van der Waals surface area contributed by atoms with Crippen LogP contribution in [0.2, 0.25) is 0 Å². The molecule has 4 heterocycles. The standard InChI is InChI=1S/C16H17N5O/c22-13-4-2-10-20(11-13)15-7-8-17-16(19-15)14-5-1-3-12-6-9-18-21(12)14/h1,3,5-9,13,22H,2,4,10-11H2/t13-/m0/s1. The number of hydrogen-bond acceptors (Lipinski definition) is 5. The summed E-state index contributed by atoms with van der Waals surface area (Å²) in [5.41, 5.74) is 1.88. The van der Waals surface area contributed by atoms with E-state index in [1.165, 1.54) is 0 Å². The van der Waals surface area contributed by atoms with Gasteiger partial charge < -0.3 is 10.0 Å². The molecule has 6 nitrogen and oxygen atoms in total. The third-order valence-electron chi connectivity index (χ3n) is 4.01. The second-order valence-corrected chi connectivity index (χ2v) is 5.56. The fourth-order valence-corrected chi connectivity index (χ4v) is 2.93. The van der Waals surface area contributed by atoms with E-state index in [9.17, 15) is 5.11 Å². The summed E-state index contributed by atoms with van der Waals surface area (Å²) in [6.07, 6.45) is 5.10. The number of fused-ring (bicyclic) bond motifs is 1. The summed E-state index contributed by atoms with van der Waals surface area (Å²) in [5, 5.41) is 14.2. The first kappa shape index (κ1) is 13.2. The summed E-state index contributed by atoms with van der Waals surface area (Å²) in [7, 11) is 0. The monoisotopic (exact) mass is 295 g/mol. The molecule has 1 saturated heterocycles. The molecule has 0 radical (unpaired) electrons. The number of β-amino-alcohol motifs (C(OH)–C–C–N with tert-alkyl or cyclic N) is 1. The molecule has 0 aromatic carbocycles. The van der Waals surface area contributed by atoms with Crippen molar-refractivity contribution in [3.63, 3.8) is 0 Å². The quantitative estimate of drug-likeness (QED) is 0.780. The van der Waals surface area contributed by atoms with E-state index in [0.29, 0.717) is 12.4 Å². The van der Waals surface area contributed by atoms with Crippen LogP contribution in [0.1, 0.15) is 12.8 Å². The highest BCUT2D eigenvalue weighted by Crippen LogP contribution is 2.22. The average molecular weight is 295 g/mol. The number of piperidine rings is 1. The van der Waals surface area contributed by atoms with Crippen molar-refractivity contribution in [2.45, 2.75) is 18.9 Å². The summed E-state index contributed by atoms with van der Waals surface area (Å²) >= 11 is 0. The fraction of sp³-hybridized carbons (Fsp3) is 0.312. The van der Waals surface area contributed by atoms with Crippen molar-refractivity contribution in [3.05, 3.63) is 42.7 Å². The van der Waals surface area contributed by atoms with Gasteiger partial charge in [-0.3, -0.25) is 0 Å². The van der Waals surface area contributed by atoms with Gasteiger partial charge in [0.2, 0.25) is 0 Å². The van der Waals surface area contributed by atoms with Gasteiger partial charge in [0.15, 0.2) is 5.82 Å². The van der Waals surface area contributed by atoms with E-state index in [2.05, 4.69) is 20.0 Å². The summed E-state index contributed by atoms with van der Waals surface area (Å²) in [6.45, 7) is 1.54. The van der Waals surface area contributed by atoms with E-state index >= 15 is 0 Å². The van der Waals surface area contributed by atoms with Crippen LogP contribution in [0.3, 0.4) is 0 Å². The SMILES string of the molecule is O[C@H]1CCCN(c2ccnc(-c3cccc4ccnn34)n2)C1. The summed E-state index contributed by atoms with van der Waals surface area (Å²) in [5.74, 6) is 1.50. The van der Waals surface area contributed by atoms with Gasteiger partial charge in [0.25, 0.3) is 0 Å². The Bertz CT molecular complexity index is 800. The predicted molar refractivity (Wildman–Crippen MR) is 83.7 cm³/mol. The van der Waals surface area contributed by atoms with Crippen LogP contribution in [-0.4, -0.2) is 43.9 Å². The van der Waals surface area contributed by atoms with Crippen LogP contribution in [0, 0.1) is 0 Å². The van der Waals surface area contributed by atoms with E-state index in [0.717, 1.165) is 36.4 Å². The van der Waals surface area contributed by atoms with Gasteiger partial charge in [-0.15, -0.1) is 0 Å². The first-order valence-electron chi connectivity index (χ1n) is 7.50. The van der Waals surface area contributed by atoms with E-state index < -0.39 is 0 Å². The Morgan fingerprint density at radius 2 is 2.09 bits per heavy atom. The highest BCUT2D eigenvalue weighted by molar-refractivity contribution is 5.59. The Hall–Kier alpha value is -2.47. The topological polar surface area (TPSA) is 66.5 Å². The molecule has 0 saturated carbocycles. The Morgan fingerprint density at radius 3 is 3.00 bits per heavy atom. The maximum Gasteiger partial charge on any atom is 0.180 e. The zero-order chi connectivity index (χ0) is 14.9. The second-order valence-electron chi connectivity index (χ2n) is 5.56. The van der Waals surface area contributed by atoms with Gasteiger partial charge in [0.1, 0.15) is 11.5 Å². The van der Waals surface area contributed by atoms with Crippen molar-refractivity contribution in [3.8, 4) is 11.5 Å². The molecule has 0 amide bonds. The maximum absolute atomic E-state index is 9.84. The number of hydrogen-bond donors (Lipinski definition) is 1. The lowest BCUT2D eigenvalue weighted by atomic mass is 10.1. The van der Waals surface area contributed by atoms with Crippen molar-refractivity contribution >= 4 is 11.3 Å². The summed E-state index contributed by atoms with van der Waals surface area (Å²) in [6, 6.07) is 9.79. The van der Waals surface area contributed by atoms with E-state index in [1.54, 1.807) is 12.4 Å². The molecular weight excluding hydrogens is 278 g/mol. The fourth-order valence-electron chi connectivity index (χ4n) is 2.93. The van der Waals surface area contributed by atoms with Crippen molar-refractivity contribution in [2.75, 3.05) is 18.0 Å². The first-order chi connectivity index (χ1) is 10.8. The molecule has 0 spiro atoms. The molecule has 0 unspecified atom stereocenters. The van der Waals surface area contributed by atoms with Crippen LogP contribution >= 0.6 is 0 Å². The van der Waals surface area contributed by atoms with Crippen molar-refractivity contribution in [2.24, 2.45) is 0 Å². The lowest BCUT2D eigenvalue weighted by Crippen LogP contribution is -2.38. The molecule has 1 atom stereocenters. The van der Waals surface area contributed by atoms with E-state index in [4.69, 9.17) is 0 Å². The average Bonchev–Trinajstić information content (AvgIpc) is 3.03. The number of pyridine rings is 1. The largest absolute Gasteiger partial charge is 0.391 e. The minimum absolute atomic E-state index is 0.276. The number of aromatic nitrogens is 4. The van der Waals surface area contributed by atoms with Crippen LogP contribution in [0.25, 0.3) is 17.0 Å². The van der Waals surface area contributed by atoms with Gasteiger partial charge in [-0.2, -0.15) is 5.10 Å². The van der Waals surface area contributed by atoms with Crippen LogP contribution < -0.4 is 4.90 Å². The van der Waals surface area contributed by atoms with E-state index in [-0.39, 0.29) is 6.10 Å². The Labute approximate surface area is 128 Å². The number of aliphatic hydroxyl groups excluding tert-OH is 1. The van der Waals surface area contributed by atoms with Crippen LogP contribution in [-0.2, 0) is 0 Å². The highest BCUT2D eigenvalue weighted by atomic mass is 16.3. The lowest BCUT2D eigenvalue weighted by molar-refractivity contribution is 0.154. The van der Waals surface area contributed by atoms with E-state index in [1.807, 2.05) is 34.8 Å². The number of anilines is 1. The van der Waals surface area contributed by atoms with Gasteiger partial charge in [0, 0.05) is 19.3 Å². The van der Waals surface area contributed by atoms with Crippen LogP contribution in [0.5, 0.6) is 0 Å². The normalized spacial score (nSPS) is 18.8. The van der Waals surface area contributed by atoms with Crippen LogP contribution in [0.4, 0.5) is 5.82 Å². The lowest BCUT2D eigenvalue weighted by Gasteiger charge is -2.31. The zero-order valence-electron chi connectivity index (χ0n) is 12.1. The molecule has 1 fully saturated rings. The smallest absolute Gasteiger partial charge is 0.180 e. The van der Waals surface area contributed by atoms with Gasteiger partial charge in [-0.25, -0.2) is 14.5 Å². The second kappa shape index (κ2) is 5.38. The third kappa shape index (κ3) is 2.31. The van der Waals surface area contributed by atoms with Crippen molar-refractivity contribution < 1.29 is 5.11 Å². The minimum Gasteiger partial charge on any atom is -0.391 e. The van der Waals surface area contributed by atoms with Gasteiger partial charge in [-0.1, -0.05) is 6.07 Å². The molecule has 112 valence electrons. The molecule has 6 heteroatoms.